The van der Waals surface area contributed by atoms with Gasteiger partial charge in [-0.3, -0.25) is 4.79 Å². The topological polar surface area (TPSA) is 75.9 Å². The molecule has 0 aliphatic carbocycles. The first-order valence-corrected chi connectivity index (χ1v) is 8.94. The Morgan fingerprint density at radius 1 is 1.29 bits per heavy atom. The van der Waals surface area contributed by atoms with Gasteiger partial charge in [-0.15, -0.1) is 11.3 Å². The maximum atomic E-state index is 12.0. The van der Waals surface area contributed by atoms with Gasteiger partial charge in [0, 0.05) is 19.6 Å². The first kappa shape index (κ1) is 15.1. The number of nitrogens with zero attached hydrogens (tertiary/aromatic N) is 5. The lowest BCUT2D eigenvalue weighted by atomic mass is 10.3. The monoisotopic (exact) mass is 342 g/mol. The van der Waals surface area contributed by atoms with Crippen molar-refractivity contribution in [2.75, 3.05) is 24.5 Å². The number of carbonyl (C=O) groups excluding carboxylic acids is 1. The van der Waals surface area contributed by atoms with Crippen LogP contribution in [0.25, 0.3) is 11.0 Å². The third-order valence-electron chi connectivity index (χ3n) is 4.17. The van der Waals surface area contributed by atoms with Gasteiger partial charge in [0.05, 0.1) is 23.0 Å². The highest BCUT2D eigenvalue weighted by atomic mass is 32.1. The van der Waals surface area contributed by atoms with E-state index in [0.717, 1.165) is 34.8 Å². The van der Waals surface area contributed by atoms with Crippen molar-refractivity contribution >= 4 is 34.1 Å². The van der Waals surface area contributed by atoms with Crippen LogP contribution in [0.4, 0.5) is 5.82 Å². The smallest absolute Gasteiger partial charge is 0.261 e. The molecule has 1 saturated heterocycles. The largest absolute Gasteiger partial charge is 0.356 e. The predicted molar refractivity (Wildman–Crippen MR) is 93.4 cm³/mol. The minimum atomic E-state index is -0.0474. The fourth-order valence-electron chi connectivity index (χ4n) is 3.00. The molecule has 1 aliphatic rings. The van der Waals surface area contributed by atoms with Crippen LogP contribution >= 0.6 is 11.3 Å². The van der Waals surface area contributed by atoms with Crippen LogP contribution in [0, 0.1) is 0 Å². The highest BCUT2D eigenvalue weighted by molar-refractivity contribution is 7.12. The number of hydrogen-bond acceptors (Lipinski definition) is 6. The molecule has 3 aromatic rings. The van der Waals surface area contributed by atoms with E-state index in [0.29, 0.717) is 13.1 Å². The van der Waals surface area contributed by atoms with E-state index < -0.39 is 0 Å². The normalized spacial score (nSPS) is 14.4. The van der Waals surface area contributed by atoms with Crippen molar-refractivity contribution in [3.8, 4) is 0 Å². The molecule has 0 saturated carbocycles. The van der Waals surface area contributed by atoms with Crippen LogP contribution in [-0.2, 0) is 6.54 Å². The molecule has 0 aromatic carbocycles. The van der Waals surface area contributed by atoms with Crippen LogP contribution in [0.5, 0.6) is 0 Å². The van der Waals surface area contributed by atoms with Gasteiger partial charge in [0.2, 0.25) is 0 Å². The summed E-state index contributed by atoms with van der Waals surface area (Å²) in [6.45, 7) is 3.16. The van der Waals surface area contributed by atoms with Crippen molar-refractivity contribution in [3.63, 3.8) is 0 Å². The van der Waals surface area contributed by atoms with E-state index in [1.807, 2.05) is 28.4 Å². The molecule has 1 aliphatic heterocycles. The van der Waals surface area contributed by atoms with Crippen LogP contribution in [0.3, 0.4) is 0 Å². The Kier molecular flexibility index (Phi) is 4.12. The van der Waals surface area contributed by atoms with Crippen molar-refractivity contribution in [3.05, 3.63) is 34.9 Å². The van der Waals surface area contributed by atoms with Crippen molar-refractivity contribution in [2.45, 2.75) is 19.4 Å². The van der Waals surface area contributed by atoms with Crippen molar-refractivity contribution in [1.29, 1.82) is 0 Å². The summed E-state index contributed by atoms with van der Waals surface area (Å²) >= 11 is 1.44. The first-order valence-electron chi connectivity index (χ1n) is 8.06. The lowest BCUT2D eigenvalue weighted by Gasteiger charge is -2.16. The molecule has 7 nitrogen and oxygen atoms in total. The summed E-state index contributed by atoms with van der Waals surface area (Å²) in [6, 6.07) is 3.69. The second-order valence-corrected chi connectivity index (χ2v) is 6.68. The molecule has 0 spiro atoms. The molecule has 0 unspecified atom stereocenters. The van der Waals surface area contributed by atoms with Crippen LogP contribution in [-0.4, -0.2) is 45.3 Å². The molecule has 124 valence electrons. The van der Waals surface area contributed by atoms with Crippen LogP contribution in [0.2, 0.25) is 0 Å². The fourth-order valence-corrected chi connectivity index (χ4v) is 3.64. The quantitative estimate of drug-likeness (QED) is 0.767. The number of aromatic nitrogens is 4. The van der Waals surface area contributed by atoms with E-state index in [1.54, 1.807) is 6.33 Å². The number of fused-ring (bicyclic) bond motifs is 1. The summed E-state index contributed by atoms with van der Waals surface area (Å²) in [7, 11) is 0. The van der Waals surface area contributed by atoms with Gasteiger partial charge in [-0.05, 0) is 24.3 Å². The average Bonchev–Trinajstić information content (AvgIpc) is 3.35. The third-order valence-corrected chi connectivity index (χ3v) is 5.04. The second kappa shape index (κ2) is 6.56. The number of thiophene rings is 1. The van der Waals surface area contributed by atoms with Crippen molar-refractivity contribution in [1.82, 2.24) is 25.1 Å². The molecule has 3 aromatic heterocycles. The molecule has 8 heteroatoms. The fraction of sp³-hybridized carbons (Fsp3) is 0.375. The molecule has 1 N–H and O–H groups in total. The average molecular weight is 342 g/mol. The Balaban J connectivity index is 1.47. The summed E-state index contributed by atoms with van der Waals surface area (Å²) in [5, 5.41) is 10.2. The molecule has 0 bridgehead atoms. The van der Waals surface area contributed by atoms with Gasteiger partial charge in [0.25, 0.3) is 5.91 Å². The molecule has 0 atom stereocenters. The Morgan fingerprint density at radius 2 is 2.17 bits per heavy atom. The summed E-state index contributed by atoms with van der Waals surface area (Å²) in [6.07, 6.45) is 5.82. The van der Waals surface area contributed by atoms with E-state index in [9.17, 15) is 4.79 Å². The molecule has 4 rings (SSSR count). The number of anilines is 1. The number of hydrogen-bond donors (Lipinski definition) is 1. The Bertz CT molecular complexity index is 838. The third kappa shape index (κ3) is 2.84. The standard InChI is InChI=1S/C16H18N6OS/c23-16(13-4-3-9-24-13)17-5-8-22-15-12(10-20-22)14(18-11-19-15)21-6-1-2-7-21/h3-4,9-11H,1-2,5-8H2,(H,17,23). The van der Waals surface area contributed by atoms with E-state index in [-0.39, 0.29) is 5.91 Å². The van der Waals surface area contributed by atoms with E-state index in [2.05, 4.69) is 25.3 Å². The summed E-state index contributed by atoms with van der Waals surface area (Å²) in [5.41, 5.74) is 0.817. The van der Waals surface area contributed by atoms with Crippen molar-refractivity contribution in [2.24, 2.45) is 0 Å². The molecule has 1 fully saturated rings. The van der Waals surface area contributed by atoms with E-state index >= 15 is 0 Å². The van der Waals surface area contributed by atoms with Gasteiger partial charge in [-0.2, -0.15) is 5.10 Å². The lowest BCUT2D eigenvalue weighted by molar-refractivity contribution is 0.0956. The van der Waals surface area contributed by atoms with Gasteiger partial charge in [-0.25, -0.2) is 14.6 Å². The molecule has 4 heterocycles. The molecule has 24 heavy (non-hydrogen) atoms. The summed E-state index contributed by atoms with van der Waals surface area (Å²) < 4.78 is 1.82. The number of carbonyl (C=O) groups is 1. The highest BCUT2D eigenvalue weighted by Crippen LogP contribution is 2.25. The maximum Gasteiger partial charge on any atom is 0.261 e. The van der Waals surface area contributed by atoms with Crippen LogP contribution in [0.15, 0.2) is 30.0 Å². The van der Waals surface area contributed by atoms with Gasteiger partial charge in [0.1, 0.15) is 12.1 Å². The second-order valence-electron chi connectivity index (χ2n) is 5.73. The van der Waals surface area contributed by atoms with E-state index in [4.69, 9.17) is 0 Å². The summed E-state index contributed by atoms with van der Waals surface area (Å²) in [4.78, 5) is 23.8. The highest BCUT2D eigenvalue weighted by Gasteiger charge is 2.18. The minimum absolute atomic E-state index is 0.0474. The zero-order valence-electron chi connectivity index (χ0n) is 13.2. The molecular formula is C16H18N6OS. The summed E-state index contributed by atoms with van der Waals surface area (Å²) in [5.74, 6) is 0.917. The van der Waals surface area contributed by atoms with Gasteiger partial charge >= 0.3 is 0 Å². The Labute approximate surface area is 143 Å². The minimum Gasteiger partial charge on any atom is -0.356 e. The van der Waals surface area contributed by atoms with Gasteiger partial charge < -0.3 is 10.2 Å². The predicted octanol–water partition coefficient (Wildman–Crippen LogP) is 1.92. The van der Waals surface area contributed by atoms with Crippen LogP contribution < -0.4 is 10.2 Å². The zero-order chi connectivity index (χ0) is 16.4. The van der Waals surface area contributed by atoms with Crippen molar-refractivity contribution < 1.29 is 4.79 Å². The molecular weight excluding hydrogens is 324 g/mol. The molecule has 1 amide bonds. The zero-order valence-corrected chi connectivity index (χ0v) is 14.0. The Hall–Kier alpha value is -2.48. The lowest BCUT2D eigenvalue weighted by Crippen LogP contribution is -2.26. The number of rotatable bonds is 5. The molecule has 0 radical (unpaired) electrons. The van der Waals surface area contributed by atoms with Gasteiger partial charge in [0.15, 0.2) is 5.65 Å². The SMILES string of the molecule is O=C(NCCn1ncc2c(N3CCCC3)ncnc21)c1cccs1. The maximum absolute atomic E-state index is 12.0. The van der Waals surface area contributed by atoms with Gasteiger partial charge in [-0.1, -0.05) is 6.07 Å². The van der Waals surface area contributed by atoms with Crippen LogP contribution in [0.1, 0.15) is 22.5 Å². The number of amides is 1. The first-order chi connectivity index (χ1) is 11.8. The Morgan fingerprint density at radius 3 is 2.96 bits per heavy atom. The number of nitrogens with one attached hydrogen (secondary N) is 1. The van der Waals surface area contributed by atoms with E-state index in [1.165, 1.54) is 24.2 Å².